The fourth-order valence-corrected chi connectivity index (χ4v) is 1.93. The number of halogens is 1. The van der Waals surface area contributed by atoms with Gasteiger partial charge in [-0.2, -0.15) is 5.26 Å². The van der Waals surface area contributed by atoms with Crippen LogP contribution in [0.1, 0.15) is 37.0 Å². The highest BCUT2D eigenvalue weighted by Crippen LogP contribution is 2.24. The van der Waals surface area contributed by atoms with Gasteiger partial charge in [0.05, 0.1) is 18.7 Å². The molecule has 0 bridgehead atoms. The highest BCUT2D eigenvalue weighted by atomic mass is 35.5. The molecular formula is C14H17ClN2O2. The van der Waals surface area contributed by atoms with E-state index in [2.05, 4.69) is 11.4 Å². The summed E-state index contributed by atoms with van der Waals surface area (Å²) in [5.41, 5.74) is -0.527. The molecule has 0 aliphatic rings. The normalized spacial score (nSPS) is 10.7. The van der Waals surface area contributed by atoms with Crippen LogP contribution in [-0.2, 0) is 0 Å². The maximum atomic E-state index is 12.3. The molecule has 0 spiro atoms. The van der Waals surface area contributed by atoms with E-state index in [0.29, 0.717) is 29.2 Å². The molecule has 1 rings (SSSR count). The van der Waals surface area contributed by atoms with Crippen molar-refractivity contribution in [1.82, 2.24) is 5.32 Å². The second-order valence-corrected chi connectivity index (χ2v) is 4.64. The Kier molecular flexibility index (Phi) is 5.20. The summed E-state index contributed by atoms with van der Waals surface area (Å²) in [5.74, 6) is 0.0746. The molecule has 1 aromatic rings. The topological polar surface area (TPSA) is 62.1 Å². The Morgan fingerprint density at radius 3 is 2.58 bits per heavy atom. The van der Waals surface area contributed by atoms with Crippen molar-refractivity contribution in [2.75, 3.05) is 7.11 Å². The van der Waals surface area contributed by atoms with Crippen molar-refractivity contribution >= 4 is 17.5 Å². The van der Waals surface area contributed by atoms with Gasteiger partial charge < -0.3 is 10.1 Å². The van der Waals surface area contributed by atoms with Crippen molar-refractivity contribution in [2.45, 2.75) is 32.2 Å². The first-order valence-corrected chi connectivity index (χ1v) is 6.47. The van der Waals surface area contributed by atoms with Crippen molar-refractivity contribution in [1.29, 1.82) is 5.26 Å². The van der Waals surface area contributed by atoms with Crippen LogP contribution >= 0.6 is 11.6 Å². The van der Waals surface area contributed by atoms with Crippen molar-refractivity contribution < 1.29 is 9.53 Å². The van der Waals surface area contributed by atoms with Gasteiger partial charge in [0.15, 0.2) is 0 Å². The highest BCUT2D eigenvalue weighted by Gasteiger charge is 2.29. The standard InChI is InChI=1S/C14H17ClN2O2/c1-4-14(5-2,9-16)17-13(18)11-8-10(15)6-7-12(11)19-3/h6-8H,4-5H2,1-3H3,(H,17,18). The molecule has 5 heteroatoms. The zero-order valence-corrected chi connectivity index (χ0v) is 12.0. The largest absolute Gasteiger partial charge is 0.496 e. The van der Waals surface area contributed by atoms with Gasteiger partial charge in [-0.15, -0.1) is 0 Å². The summed E-state index contributed by atoms with van der Waals surface area (Å²) in [5, 5.41) is 12.4. The van der Waals surface area contributed by atoms with Crippen molar-refractivity contribution in [3.8, 4) is 11.8 Å². The molecule has 19 heavy (non-hydrogen) atoms. The number of nitrogens with zero attached hydrogens (tertiary/aromatic N) is 1. The van der Waals surface area contributed by atoms with Crippen LogP contribution < -0.4 is 10.1 Å². The maximum Gasteiger partial charge on any atom is 0.256 e. The second kappa shape index (κ2) is 6.44. The molecule has 0 fully saturated rings. The minimum Gasteiger partial charge on any atom is -0.496 e. The molecule has 1 amide bonds. The van der Waals surface area contributed by atoms with Crippen LogP contribution in [0.25, 0.3) is 0 Å². The molecule has 1 N–H and O–H groups in total. The number of nitrogens with one attached hydrogen (secondary N) is 1. The smallest absolute Gasteiger partial charge is 0.256 e. The summed E-state index contributed by atoms with van der Waals surface area (Å²) < 4.78 is 5.13. The van der Waals surface area contributed by atoms with E-state index in [-0.39, 0.29) is 5.91 Å². The highest BCUT2D eigenvalue weighted by molar-refractivity contribution is 6.31. The third-order valence-corrected chi connectivity index (χ3v) is 3.42. The van der Waals surface area contributed by atoms with Gasteiger partial charge in [-0.25, -0.2) is 0 Å². The van der Waals surface area contributed by atoms with E-state index in [1.807, 2.05) is 13.8 Å². The molecule has 0 saturated carbocycles. The third kappa shape index (κ3) is 3.39. The van der Waals surface area contributed by atoms with Gasteiger partial charge >= 0.3 is 0 Å². The lowest BCUT2D eigenvalue weighted by atomic mass is 9.94. The summed E-state index contributed by atoms with van der Waals surface area (Å²) in [6, 6.07) is 6.97. The fraction of sp³-hybridized carbons (Fsp3) is 0.429. The molecule has 0 heterocycles. The number of amides is 1. The van der Waals surface area contributed by atoms with E-state index in [1.165, 1.54) is 13.2 Å². The summed E-state index contributed by atoms with van der Waals surface area (Å²) in [6.45, 7) is 3.73. The van der Waals surface area contributed by atoms with Gasteiger partial charge in [0.2, 0.25) is 0 Å². The number of benzene rings is 1. The molecule has 4 nitrogen and oxygen atoms in total. The number of carbonyl (C=O) groups is 1. The predicted molar refractivity (Wildman–Crippen MR) is 74.4 cm³/mol. The summed E-state index contributed by atoms with van der Waals surface area (Å²) in [4.78, 5) is 12.3. The third-order valence-electron chi connectivity index (χ3n) is 3.18. The first-order chi connectivity index (χ1) is 9.01. The van der Waals surface area contributed by atoms with E-state index in [4.69, 9.17) is 16.3 Å². The Morgan fingerprint density at radius 1 is 1.47 bits per heavy atom. The van der Waals surface area contributed by atoms with E-state index < -0.39 is 5.54 Å². The van der Waals surface area contributed by atoms with Crippen LogP contribution in [0.4, 0.5) is 0 Å². The Morgan fingerprint density at radius 2 is 2.11 bits per heavy atom. The van der Waals surface area contributed by atoms with E-state index >= 15 is 0 Å². The van der Waals surface area contributed by atoms with Crippen molar-refractivity contribution in [2.24, 2.45) is 0 Å². The summed E-state index contributed by atoms with van der Waals surface area (Å²) in [6.07, 6.45) is 1.07. The van der Waals surface area contributed by atoms with E-state index in [9.17, 15) is 10.1 Å². The lowest BCUT2D eigenvalue weighted by Crippen LogP contribution is -2.46. The van der Waals surface area contributed by atoms with Crippen molar-refractivity contribution in [3.63, 3.8) is 0 Å². The molecular weight excluding hydrogens is 264 g/mol. The van der Waals surface area contributed by atoms with Gasteiger partial charge in [0.25, 0.3) is 5.91 Å². The number of rotatable bonds is 5. The van der Waals surface area contributed by atoms with Crippen molar-refractivity contribution in [3.05, 3.63) is 28.8 Å². The summed E-state index contributed by atoms with van der Waals surface area (Å²) >= 11 is 5.89. The number of methoxy groups -OCH3 is 1. The van der Waals surface area contributed by atoms with Crippen LogP contribution in [0, 0.1) is 11.3 Å². The molecule has 1 aromatic carbocycles. The molecule has 0 aliphatic carbocycles. The van der Waals surface area contributed by atoms with Gasteiger partial charge in [-0.3, -0.25) is 4.79 Å². The Labute approximate surface area is 118 Å². The number of nitriles is 1. The van der Waals surface area contributed by atoms with E-state index in [1.54, 1.807) is 12.1 Å². The van der Waals surface area contributed by atoms with Crippen LogP contribution in [-0.4, -0.2) is 18.6 Å². The van der Waals surface area contributed by atoms with Crippen LogP contribution in [0.3, 0.4) is 0 Å². The Bertz CT molecular complexity index is 505. The zero-order chi connectivity index (χ0) is 14.5. The molecule has 0 aromatic heterocycles. The Hall–Kier alpha value is -1.73. The molecule has 0 radical (unpaired) electrons. The van der Waals surface area contributed by atoms with E-state index in [0.717, 1.165) is 0 Å². The summed E-state index contributed by atoms with van der Waals surface area (Å²) in [7, 11) is 1.48. The second-order valence-electron chi connectivity index (χ2n) is 4.20. The fourth-order valence-electron chi connectivity index (χ4n) is 1.76. The molecule has 0 unspecified atom stereocenters. The van der Waals surface area contributed by atoms with Gasteiger partial charge in [0.1, 0.15) is 11.3 Å². The monoisotopic (exact) mass is 280 g/mol. The quantitative estimate of drug-likeness (QED) is 0.901. The Balaban J connectivity index is 3.08. The van der Waals surface area contributed by atoms with Crippen LogP contribution in [0.2, 0.25) is 5.02 Å². The minimum absolute atomic E-state index is 0.330. The maximum absolute atomic E-state index is 12.3. The lowest BCUT2D eigenvalue weighted by molar-refractivity contribution is 0.0912. The van der Waals surface area contributed by atoms with Crippen LogP contribution in [0.5, 0.6) is 5.75 Å². The number of carbonyl (C=O) groups excluding carboxylic acids is 1. The first-order valence-electron chi connectivity index (χ1n) is 6.09. The zero-order valence-electron chi connectivity index (χ0n) is 11.3. The van der Waals surface area contributed by atoms with Gasteiger partial charge in [-0.1, -0.05) is 25.4 Å². The first kappa shape index (κ1) is 15.3. The van der Waals surface area contributed by atoms with Gasteiger partial charge in [-0.05, 0) is 31.0 Å². The molecule has 0 aliphatic heterocycles. The average molecular weight is 281 g/mol. The lowest BCUT2D eigenvalue weighted by Gasteiger charge is -2.25. The number of hydrogen-bond donors (Lipinski definition) is 1. The van der Waals surface area contributed by atoms with Gasteiger partial charge in [0, 0.05) is 5.02 Å². The molecule has 0 atom stereocenters. The average Bonchev–Trinajstić information content (AvgIpc) is 2.44. The minimum atomic E-state index is -0.857. The molecule has 0 saturated heterocycles. The van der Waals surface area contributed by atoms with Crippen LogP contribution in [0.15, 0.2) is 18.2 Å². The predicted octanol–water partition coefficient (Wildman–Crippen LogP) is 3.16. The molecule has 102 valence electrons. The number of hydrogen-bond acceptors (Lipinski definition) is 3. The SMILES string of the molecule is CCC(C#N)(CC)NC(=O)c1cc(Cl)ccc1OC. The number of ether oxygens (including phenoxy) is 1.